The van der Waals surface area contributed by atoms with Crippen molar-refractivity contribution in [1.82, 2.24) is 15.5 Å². The SMILES string of the molecule is COCC(CCCF)(c1ccc(F)cc1)[C@H](NC(=O)OC)C(=O)Nc1cccc(F)c1CC[C@H]1CN(C)C(CCC[SH](=O)=O)CN1. The number of nitrogens with zero attached hydrogens (tertiary/aromatic N) is 1. The fourth-order valence-electron chi connectivity index (χ4n) is 6.19. The molecule has 46 heavy (non-hydrogen) atoms. The zero-order valence-electron chi connectivity index (χ0n) is 26.5. The molecular formula is C32H45F3N4O6S. The highest BCUT2D eigenvalue weighted by molar-refractivity contribution is 7.72. The minimum Gasteiger partial charge on any atom is -0.453 e. The largest absolute Gasteiger partial charge is 0.453 e. The second-order valence-electron chi connectivity index (χ2n) is 11.6. The number of halogens is 3. The zero-order chi connectivity index (χ0) is 33.7. The molecule has 1 fully saturated rings. The fourth-order valence-corrected chi connectivity index (χ4v) is 6.63. The van der Waals surface area contributed by atoms with Gasteiger partial charge in [0.25, 0.3) is 0 Å². The first-order valence-corrected chi connectivity index (χ1v) is 16.7. The quantitative estimate of drug-likeness (QED) is 0.189. The van der Waals surface area contributed by atoms with E-state index < -0.39 is 52.5 Å². The average Bonchev–Trinajstić information content (AvgIpc) is 3.02. The molecular weight excluding hydrogens is 625 g/mol. The van der Waals surface area contributed by atoms with Gasteiger partial charge in [0.1, 0.15) is 28.4 Å². The van der Waals surface area contributed by atoms with Crippen LogP contribution in [0.1, 0.15) is 43.2 Å². The number of hydrogen-bond donors (Lipinski definition) is 4. The van der Waals surface area contributed by atoms with E-state index in [2.05, 4.69) is 20.9 Å². The van der Waals surface area contributed by atoms with Crippen LogP contribution in [0.15, 0.2) is 42.5 Å². The Kier molecular flexibility index (Phi) is 14.8. The van der Waals surface area contributed by atoms with E-state index >= 15 is 4.39 Å². The lowest BCUT2D eigenvalue weighted by Crippen LogP contribution is -2.59. The summed E-state index contributed by atoms with van der Waals surface area (Å²) in [4.78, 5) is 28.8. The van der Waals surface area contributed by atoms with Crippen molar-refractivity contribution >= 4 is 28.4 Å². The highest BCUT2D eigenvalue weighted by Crippen LogP contribution is 2.36. The number of nitrogens with one attached hydrogen (secondary N) is 3. The van der Waals surface area contributed by atoms with Crippen LogP contribution < -0.4 is 16.0 Å². The molecule has 1 aliphatic heterocycles. The smallest absolute Gasteiger partial charge is 0.407 e. The molecule has 1 saturated heterocycles. The maximum Gasteiger partial charge on any atom is 0.407 e. The van der Waals surface area contributed by atoms with Gasteiger partial charge in [0.15, 0.2) is 0 Å². The molecule has 2 unspecified atom stereocenters. The second-order valence-corrected chi connectivity index (χ2v) is 12.8. The molecule has 2 amide bonds. The Hall–Kier alpha value is -3.20. The van der Waals surface area contributed by atoms with Crippen molar-refractivity contribution in [3.63, 3.8) is 0 Å². The molecule has 0 radical (unpaired) electrons. The van der Waals surface area contributed by atoms with Gasteiger partial charge in [-0.15, -0.1) is 0 Å². The van der Waals surface area contributed by atoms with Crippen molar-refractivity contribution in [2.24, 2.45) is 0 Å². The Balaban J connectivity index is 1.85. The van der Waals surface area contributed by atoms with E-state index in [0.717, 1.165) is 13.5 Å². The maximum absolute atomic E-state index is 15.3. The number of piperazine rings is 1. The van der Waals surface area contributed by atoms with Gasteiger partial charge in [-0.05, 0) is 75.4 Å². The van der Waals surface area contributed by atoms with E-state index in [1.807, 2.05) is 7.05 Å². The van der Waals surface area contributed by atoms with Gasteiger partial charge < -0.3 is 30.3 Å². The first-order chi connectivity index (χ1) is 22.0. The van der Waals surface area contributed by atoms with Crippen LogP contribution in [0.25, 0.3) is 0 Å². The van der Waals surface area contributed by atoms with Gasteiger partial charge in [-0.1, -0.05) is 18.2 Å². The summed E-state index contributed by atoms with van der Waals surface area (Å²) in [5.41, 5.74) is -0.405. The summed E-state index contributed by atoms with van der Waals surface area (Å²) >= 11 is 0. The monoisotopic (exact) mass is 670 g/mol. The lowest BCUT2D eigenvalue weighted by Gasteiger charge is -2.40. The third-order valence-electron chi connectivity index (χ3n) is 8.61. The number of rotatable bonds is 17. The van der Waals surface area contributed by atoms with Crippen LogP contribution in [0.2, 0.25) is 0 Å². The number of anilines is 1. The number of amides is 2. The molecule has 14 heteroatoms. The summed E-state index contributed by atoms with van der Waals surface area (Å²) in [6, 6.07) is 8.53. The van der Waals surface area contributed by atoms with Crippen LogP contribution >= 0.6 is 0 Å². The number of carbonyl (C=O) groups is 2. The van der Waals surface area contributed by atoms with Crippen LogP contribution in [0.3, 0.4) is 0 Å². The summed E-state index contributed by atoms with van der Waals surface area (Å²) in [6.45, 7) is 0.511. The van der Waals surface area contributed by atoms with E-state index in [1.54, 1.807) is 6.07 Å². The molecule has 0 saturated carbocycles. The zero-order valence-corrected chi connectivity index (χ0v) is 27.4. The molecule has 2 aromatic carbocycles. The van der Waals surface area contributed by atoms with E-state index in [-0.39, 0.29) is 55.0 Å². The van der Waals surface area contributed by atoms with Gasteiger partial charge in [-0.25, -0.2) is 22.0 Å². The van der Waals surface area contributed by atoms with E-state index in [4.69, 9.17) is 9.47 Å². The molecule has 0 bridgehead atoms. The van der Waals surface area contributed by atoms with Crippen LogP contribution in [0.5, 0.6) is 0 Å². The van der Waals surface area contributed by atoms with Crippen molar-refractivity contribution in [2.45, 2.75) is 62.1 Å². The van der Waals surface area contributed by atoms with Crippen molar-refractivity contribution < 1.29 is 40.7 Å². The molecule has 1 aliphatic rings. The Bertz CT molecular complexity index is 1360. The second kappa shape index (κ2) is 18.2. The Morgan fingerprint density at radius 3 is 2.48 bits per heavy atom. The van der Waals surface area contributed by atoms with Gasteiger partial charge in [0.2, 0.25) is 5.91 Å². The Labute approximate surface area is 270 Å². The topological polar surface area (TPSA) is 126 Å². The van der Waals surface area contributed by atoms with Gasteiger partial charge in [0.05, 0.1) is 20.4 Å². The van der Waals surface area contributed by atoms with Crippen molar-refractivity contribution in [3.8, 4) is 0 Å². The molecule has 0 aliphatic carbocycles. The van der Waals surface area contributed by atoms with E-state index in [9.17, 15) is 26.8 Å². The number of thiol groups is 1. The molecule has 1 heterocycles. The highest BCUT2D eigenvalue weighted by Gasteiger charge is 2.46. The lowest BCUT2D eigenvalue weighted by atomic mass is 9.71. The summed E-state index contributed by atoms with van der Waals surface area (Å²) in [6.07, 6.45) is 1.32. The Morgan fingerprint density at radius 2 is 1.85 bits per heavy atom. The first kappa shape index (κ1) is 37.3. The number of hydrogen-bond acceptors (Lipinski definition) is 8. The van der Waals surface area contributed by atoms with Gasteiger partial charge in [0, 0.05) is 54.7 Å². The fraction of sp³-hybridized carbons (Fsp3) is 0.562. The number of alkyl carbamates (subject to hydrolysis) is 1. The first-order valence-electron chi connectivity index (χ1n) is 15.3. The van der Waals surface area contributed by atoms with Crippen LogP contribution in [-0.4, -0.2) is 96.8 Å². The minimum atomic E-state index is -2.40. The van der Waals surface area contributed by atoms with Crippen molar-refractivity contribution in [3.05, 3.63) is 65.2 Å². The molecule has 3 rings (SSSR count). The molecule has 10 nitrogen and oxygen atoms in total. The number of methoxy groups -OCH3 is 2. The van der Waals surface area contributed by atoms with Gasteiger partial charge in [-0.3, -0.25) is 9.18 Å². The Morgan fingerprint density at radius 1 is 1.11 bits per heavy atom. The van der Waals surface area contributed by atoms with E-state index in [1.165, 1.54) is 43.5 Å². The normalized spacial score (nSPS) is 18.9. The molecule has 0 spiro atoms. The summed E-state index contributed by atoms with van der Waals surface area (Å²) in [7, 11) is 2.13. The van der Waals surface area contributed by atoms with Gasteiger partial charge >= 0.3 is 6.09 Å². The van der Waals surface area contributed by atoms with Crippen molar-refractivity contribution in [1.29, 1.82) is 0 Å². The summed E-state index contributed by atoms with van der Waals surface area (Å²) in [5.74, 6) is -1.58. The molecule has 4 atom stereocenters. The average molecular weight is 671 g/mol. The number of alkyl halides is 1. The number of carbonyl (C=O) groups excluding carboxylic acids is 2. The number of ether oxygens (including phenoxy) is 2. The maximum atomic E-state index is 15.3. The number of benzene rings is 2. The predicted molar refractivity (Wildman–Crippen MR) is 170 cm³/mol. The number of likely N-dealkylation sites (N-methyl/N-ethyl adjacent to an activating group) is 1. The van der Waals surface area contributed by atoms with Crippen LogP contribution in [0, 0.1) is 11.6 Å². The van der Waals surface area contributed by atoms with Crippen LogP contribution in [-0.2, 0) is 36.8 Å². The third-order valence-corrected chi connectivity index (χ3v) is 9.29. The summed E-state index contributed by atoms with van der Waals surface area (Å²) in [5, 5.41) is 8.83. The van der Waals surface area contributed by atoms with Crippen LogP contribution in [0.4, 0.5) is 23.7 Å². The molecule has 256 valence electrons. The van der Waals surface area contributed by atoms with E-state index in [0.29, 0.717) is 31.5 Å². The minimum absolute atomic E-state index is 0.0148. The highest BCUT2D eigenvalue weighted by atomic mass is 32.2. The standard InChI is InChI=1S/C32H45F3N4O6S/c1-39-20-24(36-19-25(39)7-5-18-46(42)43)14-15-26-27(35)8-4-9-28(26)37-30(40)29(38-31(41)45-3)32(21-44-2,16-6-17-33)22-10-12-23(34)13-11-22/h4,8-13,24-25,29,36,46H,5-7,14-21H2,1-3H3,(H,37,40)(H,38,41)/t24-,25?,29+,32?/m0/s1. The molecule has 0 aromatic heterocycles. The third kappa shape index (κ3) is 10.1. The summed E-state index contributed by atoms with van der Waals surface area (Å²) < 4.78 is 74.9. The molecule has 2 aromatic rings. The molecule has 3 N–H and O–H groups in total. The predicted octanol–water partition coefficient (Wildman–Crippen LogP) is 3.56. The van der Waals surface area contributed by atoms with Crippen molar-refractivity contribution in [2.75, 3.05) is 58.7 Å². The lowest BCUT2D eigenvalue weighted by molar-refractivity contribution is -0.120. The van der Waals surface area contributed by atoms with Gasteiger partial charge in [-0.2, -0.15) is 0 Å².